The van der Waals surface area contributed by atoms with Gasteiger partial charge in [0.25, 0.3) is 11.6 Å². The molecule has 0 unspecified atom stereocenters. The minimum Gasteiger partial charge on any atom is -0.496 e. The van der Waals surface area contributed by atoms with Gasteiger partial charge in [0, 0.05) is 17.9 Å². The van der Waals surface area contributed by atoms with Crippen LogP contribution in [0.4, 0.5) is 5.69 Å². The summed E-state index contributed by atoms with van der Waals surface area (Å²) in [4.78, 5) is 36.3. The number of methoxy groups -OCH3 is 1. The van der Waals surface area contributed by atoms with E-state index in [1.54, 1.807) is 6.92 Å². The maximum atomic E-state index is 12.7. The highest BCUT2D eigenvalue weighted by molar-refractivity contribution is 7.99. The zero-order valence-electron chi connectivity index (χ0n) is 12.5. The lowest BCUT2D eigenvalue weighted by Crippen LogP contribution is -2.41. The number of carbonyl (C=O) groups is 2. The quantitative estimate of drug-likeness (QED) is 0.622. The van der Waals surface area contributed by atoms with E-state index in [0.29, 0.717) is 22.9 Å². The Labute approximate surface area is 131 Å². The summed E-state index contributed by atoms with van der Waals surface area (Å²) in [5.74, 6) is 0.615. The Balaban J connectivity index is 2.48. The molecule has 1 amide bonds. The summed E-state index contributed by atoms with van der Waals surface area (Å²) >= 11 is 1.45. The number of amides is 1. The first-order valence-electron chi connectivity index (χ1n) is 6.59. The summed E-state index contributed by atoms with van der Waals surface area (Å²) < 4.78 is 5.14. The van der Waals surface area contributed by atoms with Crippen LogP contribution in [0.1, 0.15) is 22.8 Å². The summed E-state index contributed by atoms with van der Waals surface area (Å²) in [6.45, 7) is 3.09. The van der Waals surface area contributed by atoms with Crippen molar-refractivity contribution in [2.45, 2.75) is 19.9 Å². The highest BCUT2D eigenvalue weighted by Crippen LogP contribution is 2.31. The molecule has 0 spiro atoms. The largest absolute Gasteiger partial charge is 0.496 e. The number of benzene rings is 1. The van der Waals surface area contributed by atoms with Crippen LogP contribution in [0.25, 0.3) is 0 Å². The number of hydrogen-bond acceptors (Lipinski definition) is 6. The number of carbonyl (C=O) groups excluding carboxylic acids is 2. The molecule has 1 aliphatic rings. The smallest absolute Gasteiger partial charge is 0.282 e. The second-order valence-corrected chi connectivity index (χ2v) is 6.00. The molecule has 0 N–H and O–H groups in total. The number of hydrogen-bond donors (Lipinski definition) is 0. The van der Waals surface area contributed by atoms with Gasteiger partial charge in [-0.05, 0) is 19.4 Å². The summed E-state index contributed by atoms with van der Waals surface area (Å²) in [7, 11) is 1.44. The molecule has 1 saturated heterocycles. The zero-order chi connectivity index (χ0) is 16.4. The maximum Gasteiger partial charge on any atom is 0.282 e. The molecule has 0 radical (unpaired) electrons. The Morgan fingerprint density at radius 1 is 1.45 bits per heavy atom. The monoisotopic (exact) mass is 324 g/mol. The van der Waals surface area contributed by atoms with Crippen LogP contribution in [0.3, 0.4) is 0 Å². The van der Waals surface area contributed by atoms with E-state index in [1.165, 1.54) is 42.8 Å². The minimum atomic E-state index is -0.592. The Hall–Kier alpha value is -2.09. The van der Waals surface area contributed by atoms with E-state index in [2.05, 4.69) is 0 Å². The summed E-state index contributed by atoms with van der Waals surface area (Å²) in [5, 5.41) is 11.2. The van der Waals surface area contributed by atoms with Gasteiger partial charge in [0.2, 0.25) is 0 Å². The van der Waals surface area contributed by atoms with Crippen LogP contribution in [0.2, 0.25) is 0 Å². The first-order valence-corrected chi connectivity index (χ1v) is 7.74. The van der Waals surface area contributed by atoms with Crippen LogP contribution in [0.15, 0.2) is 12.1 Å². The van der Waals surface area contributed by atoms with Crippen molar-refractivity contribution in [1.82, 2.24) is 4.90 Å². The number of ether oxygens (including phenoxy) is 1. The van der Waals surface area contributed by atoms with E-state index in [-0.39, 0.29) is 17.0 Å². The lowest BCUT2D eigenvalue weighted by atomic mass is 10.1. The van der Waals surface area contributed by atoms with Crippen LogP contribution in [-0.4, -0.2) is 46.3 Å². The predicted molar refractivity (Wildman–Crippen MR) is 82.3 cm³/mol. The van der Waals surface area contributed by atoms with Gasteiger partial charge in [0.15, 0.2) is 5.78 Å². The third-order valence-corrected chi connectivity index (χ3v) is 4.56. The van der Waals surface area contributed by atoms with Crippen LogP contribution in [0, 0.1) is 17.0 Å². The molecule has 0 aromatic heterocycles. The molecule has 0 bridgehead atoms. The highest BCUT2D eigenvalue weighted by Gasteiger charge is 2.36. The molecule has 1 heterocycles. The average molecular weight is 324 g/mol. The molecule has 2 rings (SSSR count). The first kappa shape index (κ1) is 16.3. The highest BCUT2D eigenvalue weighted by atomic mass is 32.2. The molecule has 1 aliphatic heterocycles. The molecule has 0 saturated carbocycles. The van der Waals surface area contributed by atoms with E-state index in [4.69, 9.17) is 4.74 Å². The number of ketones is 1. The maximum absolute atomic E-state index is 12.7. The number of nitro benzene ring substituents is 1. The van der Waals surface area contributed by atoms with Crippen LogP contribution in [0.5, 0.6) is 5.75 Å². The lowest BCUT2D eigenvalue weighted by molar-refractivity contribution is -0.385. The third kappa shape index (κ3) is 2.92. The number of nitrogens with zero attached hydrogens (tertiary/aromatic N) is 2. The molecule has 0 aliphatic carbocycles. The summed E-state index contributed by atoms with van der Waals surface area (Å²) in [5.41, 5.74) is 0.244. The fourth-order valence-corrected chi connectivity index (χ4v) is 3.59. The van der Waals surface area contributed by atoms with Gasteiger partial charge >= 0.3 is 0 Å². The molecule has 7 nitrogen and oxygen atoms in total. The normalized spacial score (nSPS) is 17.4. The molecule has 8 heteroatoms. The number of Topliss-reactive ketones (excluding diaryl/α,β-unsaturated/α-hetero) is 1. The topological polar surface area (TPSA) is 89.8 Å². The third-order valence-electron chi connectivity index (χ3n) is 3.55. The molecule has 22 heavy (non-hydrogen) atoms. The van der Waals surface area contributed by atoms with Gasteiger partial charge in [-0.2, -0.15) is 0 Å². The van der Waals surface area contributed by atoms with Crippen molar-refractivity contribution in [2.75, 3.05) is 18.7 Å². The second kappa shape index (κ2) is 6.35. The van der Waals surface area contributed by atoms with E-state index in [0.717, 1.165) is 0 Å². The molecule has 1 aromatic carbocycles. The fraction of sp³-hybridized carbons (Fsp3) is 0.429. The Morgan fingerprint density at radius 3 is 2.68 bits per heavy atom. The Bertz CT molecular complexity index is 646. The van der Waals surface area contributed by atoms with Gasteiger partial charge < -0.3 is 9.64 Å². The standard InChI is InChI=1S/C14H16N2O5S/c1-8-4-11(16(19)20)10(5-13(8)21-3)14(18)15-7-22-6-12(15)9(2)17/h4-5,12H,6-7H2,1-3H3/t12-/m0/s1. The summed E-state index contributed by atoms with van der Waals surface area (Å²) in [6, 6.07) is 2.15. The SMILES string of the molecule is COc1cc(C(=O)N2CSC[C@H]2C(C)=O)c([N+](=O)[O-])cc1C. The second-order valence-electron chi connectivity index (χ2n) is 5.00. The average Bonchev–Trinajstić information content (AvgIpc) is 2.95. The van der Waals surface area contributed by atoms with Crippen molar-refractivity contribution in [1.29, 1.82) is 0 Å². The van der Waals surface area contributed by atoms with Crippen molar-refractivity contribution >= 4 is 29.1 Å². The lowest BCUT2D eigenvalue weighted by Gasteiger charge is -2.22. The van der Waals surface area contributed by atoms with Crippen LogP contribution in [-0.2, 0) is 4.79 Å². The number of rotatable bonds is 4. The zero-order valence-corrected chi connectivity index (χ0v) is 13.3. The van der Waals surface area contributed by atoms with Crippen molar-refractivity contribution in [3.63, 3.8) is 0 Å². The van der Waals surface area contributed by atoms with Gasteiger partial charge in [0.1, 0.15) is 17.4 Å². The Morgan fingerprint density at radius 2 is 2.14 bits per heavy atom. The minimum absolute atomic E-state index is 0.0544. The van der Waals surface area contributed by atoms with Crippen molar-refractivity contribution < 1.29 is 19.2 Å². The molecule has 118 valence electrons. The van der Waals surface area contributed by atoms with E-state index >= 15 is 0 Å². The van der Waals surface area contributed by atoms with Gasteiger partial charge in [-0.15, -0.1) is 11.8 Å². The fourth-order valence-electron chi connectivity index (χ4n) is 2.35. The van der Waals surface area contributed by atoms with Crippen molar-refractivity contribution in [3.05, 3.63) is 33.4 Å². The molecule has 1 aromatic rings. The molecular weight excluding hydrogens is 308 g/mol. The van der Waals surface area contributed by atoms with Gasteiger partial charge in [-0.25, -0.2) is 0 Å². The molecule has 1 atom stereocenters. The van der Waals surface area contributed by atoms with Gasteiger partial charge in [0.05, 0.1) is 17.9 Å². The van der Waals surface area contributed by atoms with E-state index < -0.39 is 16.9 Å². The number of aryl methyl sites for hydroxylation is 1. The van der Waals surface area contributed by atoms with Crippen LogP contribution >= 0.6 is 11.8 Å². The van der Waals surface area contributed by atoms with Crippen LogP contribution < -0.4 is 4.74 Å². The van der Waals surface area contributed by atoms with Gasteiger partial charge in [-0.1, -0.05) is 0 Å². The number of nitro groups is 1. The number of thioether (sulfide) groups is 1. The molecular formula is C14H16N2O5S. The Kier molecular flexibility index (Phi) is 4.70. The first-order chi connectivity index (χ1) is 10.4. The van der Waals surface area contributed by atoms with E-state index in [1.807, 2.05) is 0 Å². The molecule has 1 fully saturated rings. The van der Waals surface area contributed by atoms with E-state index in [9.17, 15) is 19.7 Å². The van der Waals surface area contributed by atoms with Gasteiger partial charge in [-0.3, -0.25) is 19.7 Å². The van der Waals surface area contributed by atoms with Crippen molar-refractivity contribution in [3.8, 4) is 5.75 Å². The summed E-state index contributed by atoms with van der Waals surface area (Å²) in [6.07, 6.45) is 0. The van der Waals surface area contributed by atoms with Crippen molar-refractivity contribution in [2.24, 2.45) is 0 Å². The predicted octanol–water partition coefficient (Wildman–Crippen LogP) is 2.02.